The summed E-state index contributed by atoms with van der Waals surface area (Å²) in [5.74, 6) is -1.69. The lowest BCUT2D eigenvalue weighted by molar-refractivity contribution is -0.142. The van der Waals surface area contributed by atoms with Gasteiger partial charge in [-0.15, -0.1) is 12.3 Å². The first kappa shape index (κ1) is 19.4. The van der Waals surface area contributed by atoms with Gasteiger partial charge in [-0.2, -0.15) is 0 Å². The number of rotatable bonds is 9. The van der Waals surface area contributed by atoms with Gasteiger partial charge in [0, 0.05) is 12.8 Å². The minimum Gasteiger partial charge on any atom is -0.481 e. The second-order valence-corrected chi connectivity index (χ2v) is 4.58. The molecule has 0 saturated heterocycles. The zero-order chi connectivity index (χ0) is 17.3. The van der Waals surface area contributed by atoms with E-state index in [2.05, 4.69) is 16.6 Å². The Labute approximate surface area is 127 Å². The summed E-state index contributed by atoms with van der Waals surface area (Å²) in [5.41, 5.74) is 5.48. The summed E-state index contributed by atoms with van der Waals surface area (Å²) in [7, 11) is 0. The molecule has 0 fully saturated rings. The fraction of sp³-hybridized carbons (Fsp3) is 0.538. The number of carbonyl (C=O) groups excluding carboxylic acids is 2. The van der Waals surface area contributed by atoms with Gasteiger partial charge >= 0.3 is 11.9 Å². The van der Waals surface area contributed by atoms with E-state index in [1.807, 2.05) is 0 Å². The molecule has 0 aliphatic rings. The largest absolute Gasteiger partial charge is 0.481 e. The molecule has 3 atom stereocenters. The predicted octanol–water partition coefficient (Wildman–Crippen LogP) is -1.72. The molecule has 0 unspecified atom stereocenters. The van der Waals surface area contributed by atoms with Crippen molar-refractivity contribution in [3.8, 4) is 12.3 Å². The van der Waals surface area contributed by atoms with Gasteiger partial charge in [0.1, 0.15) is 12.1 Å². The number of nitrogens with two attached hydrogens (primary N) is 1. The third kappa shape index (κ3) is 7.25. The van der Waals surface area contributed by atoms with Crippen LogP contribution in [0.5, 0.6) is 0 Å². The van der Waals surface area contributed by atoms with Crippen molar-refractivity contribution < 1.29 is 29.4 Å². The van der Waals surface area contributed by atoms with Crippen LogP contribution in [-0.4, -0.2) is 52.1 Å². The van der Waals surface area contributed by atoms with Crippen molar-refractivity contribution in [3.63, 3.8) is 0 Å². The number of hydrogen-bond donors (Lipinski definition) is 5. The highest BCUT2D eigenvalue weighted by atomic mass is 16.4. The molecule has 0 rings (SSSR count). The molecular weight excluding hydrogens is 294 g/mol. The van der Waals surface area contributed by atoms with E-state index < -0.39 is 41.9 Å². The van der Waals surface area contributed by atoms with Gasteiger partial charge in [-0.25, -0.2) is 4.79 Å². The van der Waals surface area contributed by atoms with E-state index in [4.69, 9.17) is 22.4 Å². The summed E-state index contributed by atoms with van der Waals surface area (Å²) in [6, 6.07) is -3.37. The molecular formula is C13H19N3O6. The fourth-order valence-corrected chi connectivity index (χ4v) is 1.41. The van der Waals surface area contributed by atoms with Gasteiger partial charge in [0.15, 0.2) is 0 Å². The quantitative estimate of drug-likeness (QED) is 0.316. The van der Waals surface area contributed by atoms with Crippen LogP contribution in [0.1, 0.15) is 26.2 Å². The molecule has 0 aromatic rings. The minimum atomic E-state index is -1.29. The first-order valence-electron chi connectivity index (χ1n) is 6.43. The first-order valence-corrected chi connectivity index (χ1v) is 6.43. The maximum atomic E-state index is 11.8. The second kappa shape index (κ2) is 9.36. The van der Waals surface area contributed by atoms with Gasteiger partial charge in [-0.3, -0.25) is 14.4 Å². The van der Waals surface area contributed by atoms with Gasteiger partial charge in [0.25, 0.3) is 0 Å². The lowest BCUT2D eigenvalue weighted by Gasteiger charge is -2.19. The number of carboxylic acid groups (broad SMARTS) is 2. The number of terminal acetylenes is 1. The highest BCUT2D eigenvalue weighted by molar-refractivity contribution is 5.91. The Hall–Kier alpha value is -2.60. The Morgan fingerprint density at radius 3 is 2.23 bits per heavy atom. The summed E-state index contributed by atoms with van der Waals surface area (Å²) in [6.07, 6.45) is 4.45. The number of amides is 2. The van der Waals surface area contributed by atoms with Crippen LogP contribution >= 0.6 is 0 Å². The number of carbonyl (C=O) groups is 4. The maximum absolute atomic E-state index is 11.8. The molecule has 9 nitrogen and oxygen atoms in total. The van der Waals surface area contributed by atoms with E-state index in [-0.39, 0.29) is 19.3 Å². The molecule has 122 valence electrons. The van der Waals surface area contributed by atoms with E-state index >= 15 is 0 Å². The van der Waals surface area contributed by atoms with E-state index in [0.29, 0.717) is 0 Å². The van der Waals surface area contributed by atoms with Crippen molar-refractivity contribution in [3.05, 3.63) is 0 Å². The minimum absolute atomic E-state index is 0.0790. The van der Waals surface area contributed by atoms with E-state index in [0.717, 1.165) is 0 Å². The van der Waals surface area contributed by atoms with Gasteiger partial charge in [0.2, 0.25) is 11.8 Å². The SMILES string of the molecule is C#CC[C@H](NC(=O)[C@H](C)NC(=O)[C@@H](N)CCC(=O)O)C(=O)O. The van der Waals surface area contributed by atoms with Crippen LogP contribution in [0.25, 0.3) is 0 Å². The van der Waals surface area contributed by atoms with Crippen LogP contribution in [0.3, 0.4) is 0 Å². The number of carboxylic acids is 2. The summed E-state index contributed by atoms with van der Waals surface area (Å²) in [4.78, 5) is 44.7. The van der Waals surface area contributed by atoms with Gasteiger partial charge < -0.3 is 26.6 Å². The second-order valence-electron chi connectivity index (χ2n) is 4.58. The Kier molecular flexibility index (Phi) is 8.25. The van der Waals surface area contributed by atoms with Gasteiger partial charge in [-0.1, -0.05) is 0 Å². The molecule has 22 heavy (non-hydrogen) atoms. The molecule has 0 aromatic heterocycles. The first-order chi connectivity index (χ1) is 10.2. The zero-order valence-electron chi connectivity index (χ0n) is 12.0. The van der Waals surface area contributed by atoms with Gasteiger partial charge in [-0.05, 0) is 13.3 Å². The zero-order valence-corrected chi connectivity index (χ0v) is 12.0. The topological polar surface area (TPSA) is 159 Å². The molecule has 0 aromatic carbocycles. The molecule has 6 N–H and O–H groups in total. The molecule has 0 heterocycles. The summed E-state index contributed by atoms with van der Waals surface area (Å²) < 4.78 is 0. The Bertz CT molecular complexity index is 485. The van der Waals surface area contributed by atoms with E-state index in [1.165, 1.54) is 6.92 Å². The lowest BCUT2D eigenvalue weighted by atomic mass is 10.1. The summed E-state index contributed by atoms with van der Waals surface area (Å²) >= 11 is 0. The molecule has 0 aliphatic carbocycles. The molecule has 9 heteroatoms. The van der Waals surface area contributed by atoms with Crippen molar-refractivity contribution in [2.24, 2.45) is 5.73 Å². The third-order valence-electron chi connectivity index (χ3n) is 2.69. The smallest absolute Gasteiger partial charge is 0.327 e. The molecule has 0 spiro atoms. The van der Waals surface area contributed by atoms with Crippen LogP contribution < -0.4 is 16.4 Å². The van der Waals surface area contributed by atoms with E-state index in [9.17, 15) is 19.2 Å². The molecule has 0 radical (unpaired) electrons. The van der Waals surface area contributed by atoms with Crippen LogP contribution in [0.4, 0.5) is 0 Å². The number of nitrogens with one attached hydrogen (secondary N) is 2. The summed E-state index contributed by atoms with van der Waals surface area (Å²) in [5, 5.41) is 21.8. The van der Waals surface area contributed by atoms with Crippen molar-refractivity contribution in [1.82, 2.24) is 10.6 Å². The lowest BCUT2D eigenvalue weighted by Crippen LogP contribution is -2.53. The number of aliphatic carboxylic acids is 2. The normalized spacial score (nSPS) is 14.0. The van der Waals surface area contributed by atoms with Crippen molar-refractivity contribution in [2.45, 2.75) is 44.3 Å². The molecule has 0 aliphatic heterocycles. The van der Waals surface area contributed by atoms with Crippen LogP contribution in [-0.2, 0) is 19.2 Å². The van der Waals surface area contributed by atoms with E-state index in [1.54, 1.807) is 0 Å². The van der Waals surface area contributed by atoms with Crippen LogP contribution in [0, 0.1) is 12.3 Å². The van der Waals surface area contributed by atoms with Crippen LogP contribution in [0.15, 0.2) is 0 Å². The van der Waals surface area contributed by atoms with Crippen molar-refractivity contribution in [2.75, 3.05) is 0 Å². The molecule has 2 amide bonds. The maximum Gasteiger partial charge on any atom is 0.327 e. The Balaban J connectivity index is 4.45. The molecule has 0 saturated carbocycles. The van der Waals surface area contributed by atoms with Crippen molar-refractivity contribution >= 4 is 23.8 Å². The number of hydrogen-bond acceptors (Lipinski definition) is 5. The Morgan fingerprint density at radius 1 is 1.18 bits per heavy atom. The average molecular weight is 313 g/mol. The predicted molar refractivity (Wildman–Crippen MR) is 75.5 cm³/mol. The van der Waals surface area contributed by atoms with Gasteiger partial charge in [0.05, 0.1) is 6.04 Å². The highest BCUT2D eigenvalue weighted by Gasteiger charge is 2.24. The molecule has 0 bridgehead atoms. The van der Waals surface area contributed by atoms with Crippen LogP contribution in [0.2, 0.25) is 0 Å². The highest BCUT2D eigenvalue weighted by Crippen LogP contribution is 1.97. The Morgan fingerprint density at radius 2 is 1.77 bits per heavy atom. The fourth-order valence-electron chi connectivity index (χ4n) is 1.41. The standard InChI is InChI=1S/C13H19N3O6/c1-3-4-9(13(21)22)16-11(19)7(2)15-12(20)8(14)5-6-10(17)18/h1,7-9H,4-6,14H2,2H3,(H,15,20)(H,16,19)(H,17,18)(H,21,22)/t7-,8-,9-/m0/s1. The third-order valence-corrected chi connectivity index (χ3v) is 2.69. The van der Waals surface area contributed by atoms with Crippen molar-refractivity contribution in [1.29, 1.82) is 0 Å². The monoisotopic (exact) mass is 313 g/mol. The summed E-state index contributed by atoms with van der Waals surface area (Å²) in [6.45, 7) is 1.34. The average Bonchev–Trinajstić information content (AvgIpc) is 2.43.